The van der Waals surface area contributed by atoms with E-state index in [9.17, 15) is 4.79 Å². The van der Waals surface area contributed by atoms with Gasteiger partial charge in [0.25, 0.3) is 0 Å². The zero-order valence-electron chi connectivity index (χ0n) is 15.9. The normalized spacial score (nSPS) is 17.4. The van der Waals surface area contributed by atoms with Gasteiger partial charge in [-0.15, -0.1) is 0 Å². The van der Waals surface area contributed by atoms with Crippen molar-refractivity contribution in [1.29, 1.82) is 0 Å². The molecule has 1 atom stereocenters. The lowest BCUT2D eigenvalue weighted by molar-refractivity contribution is 0.0601. The van der Waals surface area contributed by atoms with Gasteiger partial charge in [-0.1, -0.05) is 38.1 Å². The van der Waals surface area contributed by atoms with E-state index in [4.69, 9.17) is 4.74 Å². The largest absolute Gasteiger partial charge is 0.465 e. The first-order valence-electron chi connectivity index (χ1n) is 9.61. The van der Waals surface area contributed by atoms with Crippen LogP contribution in [0.5, 0.6) is 0 Å². The summed E-state index contributed by atoms with van der Waals surface area (Å²) in [5.41, 5.74) is 2.99. The van der Waals surface area contributed by atoms with E-state index < -0.39 is 0 Å². The van der Waals surface area contributed by atoms with E-state index in [1.54, 1.807) is 0 Å². The van der Waals surface area contributed by atoms with Crippen molar-refractivity contribution in [3.05, 3.63) is 48.0 Å². The Bertz CT molecular complexity index is 890. The minimum atomic E-state index is -0.281. The molecule has 1 aliphatic rings. The highest BCUT2D eigenvalue weighted by Gasteiger charge is 2.20. The smallest absolute Gasteiger partial charge is 0.337 e. The monoisotopic (exact) mass is 352 g/mol. The van der Waals surface area contributed by atoms with Crippen molar-refractivity contribution in [2.45, 2.75) is 39.2 Å². The molecule has 26 heavy (non-hydrogen) atoms. The van der Waals surface area contributed by atoms with Crippen molar-refractivity contribution in [1.82, 2.24) is 9.88 Å². The highest BCUT2D eigenvalue weighted by Crippen LogP contribution is 2.35. The van der Waals surface area contributed by atoms with Gasteiger partial charge in [-0.2, -0.15) is 0 Å². The summed E-state index contributed by atoms with van der Waals surface area (Å²) in [4.78, 5) is 12.0. The lowest BCUT2D eigenvalue weighted by Gasteiger charge is -2.19. The van der Waals surface area contributed by atoms with E-state index in [-0.39, 0.29) is 5.97 Å². The molecule has 138 valence electrons. The van der Waals surface area contributed by atoms with E-state index >= 15 is 0 Å². The van der Waals surface area contributed by atoms with Crippen LogP contribution in [-0.4, -0.2) is 30.7 Å². The summed E-state index contributed by atoms with van der Waals surface area (Å²) in [6.45, 7) is 6.12. The zero-order valence-corrected chi connectivity index (χ0v) is 15.9. The van der Waals surface area contributed by atoms with Crippen LogP contribution in [0.2, 0.25) is 0 Å². The van der Waals surface area contributed by atoms with Gasteiger partial charge in [-0.25, -0.2) is 4.79 Å². The fourth-order valence-electron chi connectivity index (χ4n) is 3.90. The molecule has 1 N–H and O–H groups in total. The fourth-order valence-corrected chi connectivity index (χ4v) is 3.90. The number of fused-ring (bicyclic) bond motifs is 3. The Morgan fingerprint density at radius 1 is 1.04 bits per heavy atom. The van der Waals surface area contributed by atoms with E-state index in [0.29, 0.717) is 11.6 Å². The first-order chi connectivity index (χ1) is 12.8. The number of carbonyl (C=O) groups is 1. The van der Waals surface area contributed by atoms with Crippen LogP contribution in [0, 0.1) is 0 Å². The lowest BCUT2D eigenvalue weighted by Crippen LogP contribution is -2.15. The topological polar surface area (TPSA) is 43.3 Å². The van der Waals surface area contributed by atoms with Crippen molar-refractivity contribution < 1.29 is 9.53 Å². The number of para-hydroxylation sites is 1. The number of rotatable bonds is 2. The molecule has 4 rings (SSSR count). The third kappa shape index (κ3) is 3.34. The molecule has 1 unspecified atom stereocenters. The standard InChI is InChI=1S/C20H22N2O2.C2H6/c1-24-20(23)14-8-9-17-16-6-2-3-7-18(16)22(19(17)13-14)15-5-4-11-21-12-10-15;1-2/h2-3,6-9,13,15,21H,4-5,10-12H2,1H3;1-2H3. The highest BCUT2D eigenvalue weighted by atomic mass is 16.5. The molecule has 1 aromatic heterocycles. The number of ether oxygens (including phenoxy) is 1. The van der Waals surface area contributed by atoms with Crippen LogP contribution in [0.4, 0.5) is 0 Å². The second-order valence-electron chi connectivity index (χ2n) is 6.45. The maximum absolute atomic E-state index is 12.0. The van der Waals surface area contributed by atoms with E-state index in [0.717, 1.165) is 31.4 Å². The van der Waals surface area contributed by atoms with Crippen molar-refractivity contribution in [3.63, 3.8) is 0 Å². The van der Waals surface area contributed by atoms with Gasteiger partial charge in [0.2, 0.25) is 0 Å². The van der Waals surface area contributed by atoms with Crippen LogP contribution < -0.4 is 5.32 Å². The average Bonchev–Trinajstić information content (AvgIpc) is 2.84. The van der Waals surface area contributed by atoms with Gasteiger partial charge in [-0.05, 0) is 50.6 Å². The maximum atomic E-state index is 12.0. The number of carbonyl (C=O) groups excluding carboxylic acids is 1. The highest BCUT2D eigenvalue weighted by molar-refractivity contribution is 6.09. The maximum Gasteiger partial charge on any atom is 0.337 e. The molecule has 0 bridgehead atoms. The molecule has 0 radical (unpaired) electrons. The third-order valence-corrected chi connectivity index (χ3v) is 5.04. The number of methoxy groups -OCH3 is 1. The van der Waals surface area contributed by atoms with Crippen molar-refractivity contribution >= 4 is 27.8 Å². The van der Waals surface area contributed by atoms with Crippen molar-refractivity contribution in [2.75, 3.05) is 20.2 Å². The number of nitrogens with one attached hydrogen (secondary N) is 1. The average molecular weight is 352 g/mol. The molecule has 0 saturated carbocycles. The van der Waals surface area contributed by atoms with E-state index in [2.05, 4.69) is 40.2 Å². The summed E-state index contributed by atoms with van der Waals surface area (Å²) < 4.78 is 7.34. The molecule has 4 heteroatoms. The fraction of sp³-hybridized carbons (Fsp3) is 0.409. The number of benzene rings is 2. The number of aromatic nitrogens is 1. The molecule has 3 aromatic rings. The quantitative estimate of drug-likeness (QED) is 0.666. The number of hydrogen-bond donors (Lipinski definition) is 1. The Hall–Kier alpha value is -2.33. The van der Waals surface area contributed by atoms with Crippen LogP contribution in [0.3, 0.4) is 0 Å². The first-order valence-corrected chi connectivity index (χ1v) is 9.61. The Labute approximate surface area is 155 Å². The van der Waals surface area contributed by atoms with Gasteiger partial charge in [-0.3, -0.25) is 0 Å². The molecule has 0 amide bonds. The molecule has 1 saturated heterocycles. The Balaban J connectivity index is 0.000000948. The molecular formula is C22H28N2O2. The van der Waals surface area contributed by atoms with Gasteiger partial charge >= 0.3 is 5.97 Å². The third-order valence-electron chi connectivity index (χ3n) is 5.04. The predicted molar refractivity (Wildman–Crippen MR) is 108 cm³/mol. The Kier molecular flexibility index (Phi) is 5.94. The van der Waals surface area contributed by atoms with E-state index in [1.165, 1.54) is 29.8 Å². The van der Waals surface area contributed by atoms with Gasteiger partial charge in [0.05, 0.1) is 18.2 Å². The molecule has 1 aliphatic heterocycles. The number of nitrogens with zero attached hydrogens (tertiary/aromatic N) is 1. The minimum absolute atomic E-state index is 0.281. The summed E-state index contributed by atoms with van der Waals surface area (Å²) in [6.07, 6.45) is 3.44. The first kappa shape index (κ1) is 18.5. The number of hydrogen-bond acceptors (Lipinski definition) is 3. The summed E-state index contributed by atoms with van der Waals surface area (Å²) >= 11 is 0. The summed E-state index contributed by atoms with van der Waals surface area (Å²) in [5, 5.41) is 5.94. The molecule has 2 aromatic carbocycles. The zero-order chi connectivity index (χ0) is 18.5. The molecule has 4 nitrogen and oxygen atoms in total. The van der Waals surface area contributed by atoms with Crippen molar-refractivity contribution in [2.24, 2.45) is 0 Å². The second kappa shape index (κ2) is 8.37. The van der Waals surface area contributed by atoms with Gasteiger partial charge < -0.3 is 14.6 Å². The minimum Gasteiger partial charge on any atom is -0.465 e. The Morgan fingerprint density at radius 3 is 2.62 bits per heavy atom. The number of esters is 1. The van der Waals surface area contributed by atoms with Gasteiger partial charge in [0.1, 0.15) is 0 Å². The molecule has 0 spiro atoms. The molecule has 1 fully saturated rings. The van der Waals surface area contributed by atoms with Crippen LogP contribution in [0.1, 0.15) is 49.5 Å². The second-order valence-corrected chi connectivity index (χ2v) is 6.45. The summed E-state index contributed by atoms with van der Waals surface area (Å²) in [5.74, 6) is -0.281. The van der Waals surface area contributed by atoms with Gasteiger partial charge in [0.15, 0.2) is 0 Å². The van der Waals surface area contributed by atoms with Crippen LogP contribution in [-0.2, 0) is 4.74 Å². The molecule has 0 aliphatic carbocycles. The van der Waals surface area contributed by atoms with Crippen molar-refractivity contribution in [3.8, 4) is 0 Å². The SMILES string of the molecule is CC.COC(=O)c1ccc2c3ccccc3n(C3CCCNCC3)c2c1. The summed E-state index contributed by atoms with van der Waals surface area (Å²) in [6, 6.07) is 14.9. The molecular weight excluding hydrogens is 324 g/mol. The lowest BCUT2D eigenvalue weighted by atomic mass is 10.1. The molecule has 2 heterocycles. The van der Waals surface area contributed by atoms with Gasteiger partial charge in [0, 0.05) is 22.3 Å². The van der Waals surface area contributed by atoms with Crippen LogP contribution in [0.25, 0.3) is 21.8 Å². The van der Waals surface area contributed by atoms with Crippen LogP contribution >= 0.6 is 0 Å². The Morgan fingerprint density at radius 2 is 1.81 bits per heavy atom. The van der Waals surface area contributed by atoms with E-state index in [1.807, 2.05) is 26.0 Å². The van der Waals surface area contributed by atoms with Crippen LogP contribution in [0.15, 0.2) is 42.5 Å². The predicted octanol–water partition coefficient (Wildman–Crippen LogP) is 4.92. The summed E-state index contributed by atoms with van der Waals surface area (Å²) in [7, 11) is 1.43.